The summed E-state index contributed by atoms with van der Waals surface area (Å²) >= 11 is 1.47. The Morgan fingerprint density at radius 3 is 2.58 bits per heavy atom. The molecule has 6 heteroatoms. The molecule has 0 aliphatic carbocycles. The van der Waals surface area contributed by atoms with Gasteiger partial charge in [-0.25, -0.2) is 0 Å². The van der Waals surface area contributed by atoms with Gasteiger partial charge in [-0.1, -0.05) is 32.4 Å². The molecule has 130 valence electrons. The van der Waals surface area contributed by atoms with Gasteiger partial charge in [-0.05, 0) is 24.1 Å². The van der Waals surface area contributed by atoms with Crippen LogP contribution in [0.4, 0.5) is 13.2 Å². The van der Waals surface area contributed by atoms with E-state index in [2.05, 4.69) is 6.92 Å². The second-order valence-corrected chi connectivity index (χ2v) is 7.31. The van der Waals surface area contributed by atoms with Crippen molar-refractivity contribution in [1.29, 1.82) is 0 Å². The minimum Gasteiger partial charge on any atom is -0.355 e. The third kappa shape index (κ3) is 4.44. The van der Waals surface area contributed by atoms with Gasteiger partial charge in [-0.2, -0.15) is 13.2 Å². The van der Waals surface area contributed by atoms with Crippen molar-refractivity contribution < 1.29 is 13.2 Å². The number of hydrogen-bond acceptors (Lipinski definition) is 2. The summed E-state index contributed by atoms with van der Waals surface area (Å²) in [6.07, 6.45) is 0.870. The molecular weight excluding hydrogens is 335 g/mol. The van der Waals surface area contributed by atoms with Crippen molar-refractivity contribution in [2.45, 2.75) is 43.0 Å². The fourth-order valence-corrected chi connectivity index (χ4v) is 3.74. The van der Waals surface area contributed by atoms with Crippen molar-refractivity contribution in [1.82, 2.24) is 4.57 Å². The number of rotatable bonds is 5. The molecule has 0 aliphatic rings. The molecule has 2 nitrogen and oxygen atoms in total. The highest BCUT2D eigenvalue weighted by Gasteiger charge is 2.30. The van der Waals surface area contributed by atoms with Crippen molar-refractivity contribution in [2.24, 2.45) is 7.05 Å². The molecule has 1 unspecified atom stereocenters. The maximum atomic E-state index is 12.9. The lowest BCUT2D eigenvalue weighted by molar-refractivity contribution is -0.137. The highest BCUT2D eigenvalue weighted by molar-refractivity contribution is 7.99. The molecule has 2 aromatic rings. The van der Waals surface area contributed by atoms with Gasteiger partial charge >= 0.3 is 6.18 Å². The summed E-state index contributed by atoms with van der Waals surface area (Å²) in [5.74, 6) is 0. The van der Waals surface area contributed by atoms with E-state index in [1.54, 1.807) is 24.0 Å². The first-order valence-electron chi connectivity index (χ1n) is 7.77. The van der Waals surface area contributed by atoms with Gasteiger partial charge in [0.15, 0.2) is 0 Å². The Balaban J connectivity index is 2.48. The standard InChI is InChI=1S/C18H20F3NOS/c1-4-6-12(2)24-16-11-22(3)10-15(17(16)23)13-7-5-8-14(9-13)18(19,20)21/h5,7-12H,4,6H2,1-3H3. The van der Waals surface area contributed by atoms with E-state index in [0.717, 1.165) is 25.0 Å². The summed E-state index contributed by atoms with van der Waals surface area (Å²) in [6.45, 7) is 4.12. The molecule has 1 aromatic carbocycles. The molecule has 2 rings (SSSR count). The fourth-order valence-electron chi connectivity index (χ4n) is 2.51. The van der Waals surface area contributed by atoms with Crippen molar-refractivity contribution >= 4 is 11.8 Å². The Labute approximate surface area is 143 Å². The van der Waals surface area contributed by atoms with Crippen molar-refractivity contribution in [3.8, 4) is 11.1 Å². The number of thioether (sulfide) groups is 1. The largest absolute Gasteiger partial charge is 0.416 e. The Kier molecular flexibility index (Phi) is 5.80. The van der Waals surface area contributed by atoms with Crippen LogP contribution in [-0.2, 0) is 13.2 Å². The highest BCUT2D eigenvalue weighted by Crippen LogP contribution is 2.32. The van der Waals surface area contributed by atoms with Crippen molar-refractivity contribution in [2.75, 3.05) is 0 Å². The third-order valence-electron chi connectivity index (χ3n) is 3.65. The maximum absolute atomic E-state index is 12.9. The molecule has 1 atom stereocenters. The first-order chi connectivity index (χ1) is 11.2. The van der Waals surface area contributed by atoms with Crippen LogP contribution in [0.25, 0.3) is 11.1 Å². The maximum Gasteiger partial charge on any atom is 0.416 e. The van der Waals surface area contributed by atoms with Gasteiger partial charge in [-0.15, -0.1) is 11.8 Å². The van der Waals surface area contributed by atoms with Gasteiger partial charge in [0.2, 0.25) is 5.43 Å². The number of pyridine rings is 1. The summed E-state index contributed by atoms with van der Waals surface area (Å²) in [4.78, 5) is 13.3. The minimum absolute atomic E-state index is 0.222. The molecule has 0 spiro atoms. The van der Waals surface area contributed by atoms with Gasteiger partial charge in [-0.3, -0.25) is 4.79 Å². The van der Waals surface area contributed by atoms with E-state index in [0.29, 0.717) is 4.90 Å². The second-order valence-electron chi connectivity index (χ2n) is 5.83. The van der Waals surface area contributed by atoms with Crippen LogP contribution in [0.5, 0.6) is 0 Å². The van der Waals surface area contributed by atoms with E-state index >= 15 is 0 Å². The predicted molar refractivity (Wildman–Crippen MR) is 92.3 cm³/mol. The molecule has 0 saturated carbocycles. The average molecular weight is 355 g/mol. The van der Waals surface area contributed by atoms with E-state index in [4.69, 9.17) is 0 Å². The van der Waals surface area contributed by atoms with Gasteiger partial charge in [0.1, 0.15) is 0 Å². The summed E-state index contributed by atoms with van der Waals surface area (Å²) in [5.41, 5.74) is -0.395. The van der Waals surface area contributed by atoms with Crippen LogP contribution in [0, 0.1) is 0 Å². The Morgan fingerprint density at radius 1 is 1.25 bits per heavy atom. The van der Waals surface area contributed by atoms with Gasteiger partial charge in [0.25, 0.3) is 0 Å². The lowest BCUT2D eigenvalue weighted by atomic mass is 10.0. The molecule has 0 fully saturated rings. The quantitative estimate of drug-likeness (QED) is 0.674. The molecule has 0 bridgehead atoms. The monoisotopic (exact) mass is 355 g/mol. The van der Waals surface area contributed by atoms with Crippen LogP contribution < -0.4 is 5.43 Å². The topological polar surface area (TPSA) is 22.0 Å². The number of alkyl halides is 3. The zero-order valence-electron chi connectivity index (χ0n) is 13.9. The van der Waals surface area contributed by atoms with Gasteiger partial charge < -0.3 is 4.57 Å². The van der Waals surface area contributed by atoms with Crippen LogP contribution in [0.3, 0.4) is 0 Å². The van der Waals surface area contributed by atoms with E-state index in [-0.39, 0.29) is 21.8 Å². The zero-order valence-corrected chi connectivity index (χ0v) is 14.7. The molecule has 0 aliphatic heterocycles. The zero-order chi connectivity index (χ0) is 17.9. The minimum atomic E-state index is -4.43. The van der Waals surface area contributed by atoms with Crippen LogP contribution in [0.1, 0.15) is 32.3 Å². The van der Waals surface area contributed by atoms with Crippen molar-refractivity contribution in [3.05, 3.63) is 52.4 Å². The number of benzene rings is 1. The van der Waals surface area contributed by atoms with E-state index in [9.17, 15) is 18.0 Å². The number of halogens is 3. The van der Waals surface area contributed by atoms with Crippen LogP contribution >= 0.6 is 11.8 Å². The smallest absolute Gasteiger partial charge is 0.355 e. The molecule has 0 N–H and O–H groups in total. The molecule has 1 aromatic heterocycles. The third-order valence-corrected chi connectivity index (χ3v) is 4.83. The summed E-state index contributed by atoms with van der Waals surface area (Å²) in [5, 5.41) is 0.277. The average Bonchev–Trinajstić information content (AvgIpc) is 2.50. The Morgan fingerprint density at radius 2 is 1.96 bits per heavy atom. The molecule has 1 heterocycles. The van der Waals surface area contributed by atoms with Crippen LogP contribution in [0.2, 0.25) is 0 Å². The summed E-state index contributed by atoms with van der Waals surface area (Å²) in [6, 6.07) is 4.91. The van der Waals surface area contributed by atoms with Gasteiger partial charge in [0.05, 0.1) is 10.5 Å². The summed E-state index contributed by atoms with van der Waals surface area (Å²) < 4.78 is 40.5. The van der Waals surface area contributed by atoms with Crippen molar-refractivity contribution in [3.63, 3.8) is 0 Å². The first kappa shape index (κ1) is 18.6. The lowest BCUT2D eigenvalue weighted by Gasteiger charge is -2.13. The predicted octanol–water partition coefficient (Wildman–Crippen LogP) is 5.35. The molecular formula is C18H20F3NOS. The summed E-state index contributed by atoms with van der Waals surface area (Å²) in [7, 11) is 1.77. The normalized spacial score (nSPS) is 13.1. The highest BCUT2D eigenvalue weighted by atomic mass is 32.2. The first-order valence-corrected chi connectivity index (χ1v) is 8.65. The molecule has 0 radical (unpaired) electrons. The van der Waals surface area contributed by atoms with Crippen LogP contribution in [0.15, 0.2) is 46.3 Å². The van der Waals surface area contributed by atoms with E-state index in [1.165, 1.54) is 23.9 Å². The van der Waals surface area contributed by atoms with E-state index < -0.39 is 11.7 Å². The SMILES string of the molecule is CCCC(C)Sc1cn(C)cc(-c2cccc(C(F)(F)F)c2)c1=O. The number of hydrogen-bond donors (Lipinski definition) is 0. The fraction of sp³-hybridized carbons (Fsp3) is 0.389. The molecule has 0 saturated heterocycles. The number of nitrogens with zero attached hydrogens (tertiary/aromatic N) is 1. The van der Waals surface area contributed by atoms with Gasteiger partial charge in [0, 0.05) is 30.3 Å². The Bertz CT molecular complexity index is 768. The number of aromatic nitrogens is 1. The Hall–Kier alpha value is -1.69. The molecule has 24 heavy (non-hydrogen) atoms. The molecule has 0 amide bonds. The van der Waals surface area contributed by atoms with E-state index in [1.807, 2.05) is 6.92 Å². The lowest BCUT2D eigenvalue weighted by Crippen LogP contribution is -2.13. The van der Waals surface area contributed by atoms with Crippen LogP contribution in [-0.4, -0.2) is 9.82 Å². The second kappa shape index (κ2) is 7.47. The number of aryl methyl sites for hydroxylation is 1.